The highest BCUT2D eigenvalue weighted by molar-refractivity contribution is 7.47. The van der Waals surface area contributed by atoms with E-state index in [1.165, 1.54) is 186 Å². The number of hydrogen-bond donors (Lipinski definition) is 3. The maximum Gasteiger partial charge on any atom is 0.472 e. The van der Waals surface area contributed by atoms with E-state index in [9.17, 15) is 24.2 Å². The molecule has 0 aromatic carbocycles. The number of aliphatic hydroxyl groups is 2. The van der Waals surface area contributed by atoms with E-state index in [1.54, 1.807) is 0 Å². The summed E-state index contributed by atoms with van der Waals surface area (Å²) in [7, 11) is -4.63. The predicted molar refractivity (Wildman–Crippen MR) is 279 cm³/mol. The summed E-state index contributed by atoms with van der Waals surface area (Å²) < 4.78 is 33.0. The van der Waals surface area contributed by atoms with Crippen LogP contribution in [0.25, 0.3) is 0 Å². The van der Waals surface area contributed by atoms with Crippen LogP contribution in [0.15, 0.2) is 36.5 Å². The molecule has 0 spiro atoms. The van der Waals surface area contributed by atoms with Gasteiger partial charge in [0.1, 0.15) is 12.7 Å². The first kappa shape index (κ1) is 65.2. The summed E-state index contributed by atoms with van der Waals surface area (Å²) in [5.41, 5.74) is 0. The molecule has 0 bridgehead atoms. The third-order valence-electron chi connectivity index (χ3n) is 12.3. The summed E-state index contributed by atoms with van der Waals surface area (Å²) >= 11 is 0. The fraction of sp³-hybridized carbons (Fsp3) is 0.857. The minimum atomic E-state index is -4.63. The van der Waals surface area contributed by atoms with Crippen molar-refractivity contribution in [3.63, 3.8) is 0 Å². The zero-order valence-electron chi connectivity index (χ0n) is 43.4. The maximum absolute atomic E-state index is 12.7. The second-order valence-electron chi connectivity index (χ2n) is 19.0. The molecule has 0 heterocycles. The summed E-state index contributed by atoms with van der Waals surface area (Å²) in [5, 5.41) is 18.4. The number of allylic oxidation sites excluding steroid dienone is 6. The predicted octanol–water partition coefficient (Wildman–Crippen LogP) is 16.2. The molecule has 0 fully saturated rings. The van der Waals surface area contributed by atoms with E-state index in [-0.39, 0.29) is 19.4 Å². The molecule has 0 rings (SSSR count). The Labute approximate surface area is 411 Å². The molecule has 0 saturated carbocycles. The number of esters is 2. The van der Waals surface area contributed by atoms with Gasteiger partial charge in [-0.1, -0.05) is 224 Å². The van der Waals surface area contributed by atoms with Gasteiger partial charge in [0.2, 0.25) is 0 Å². The molecule has 11 heteroatoms. The number of phosphoric ester groups is 1. The van der Waals surface area contributed by atoms with Gasteiger partial charge in [0.05, 0.1) is 19.8 Å². The Morgan fingerprint density at radius 3 is 1.16 bits per heavy atom. The van der Waals surface area contributed by atoms with Gasteiger partial charge in [-0.2, -0.15) is 0 Å². The highest BCUT2D eigenvalue weighted by Gasteiger charge is 2.27. The Hall–Kier alpha value is -1.81. The molecule has 394 valence electrons. The molecule has 0 aromatic rings. The lowest BCUT2D eigenvalue weighted by atomic mass is 10.0. The summed E-state index contributed by atoms with van der Waals surface area (Å²) in [6, 6.07) is 0. The third-order valence-corrected chi connectivity index (χ3v) is 13.2. The zero-order chi connectivity index (χ0) is 49.0. The van der Waals surface area contributed by atoms with Crippen molar-refractivity contribution in [2.45, 2.75) is 283 Å². The van der Waals surface area contributed by atoms with Crippen LogP contribution < -0.4 is 0 Å². The number of aliphatic hydroxyl groups excluding tert-OH is 2. The number of carbonyl (C=O) groups is 2. The normalized spacial score (nSPS) is 13.8. The van der Waals surface area contributed by atoms with Gasteiger partial charge in [0, 0.05) is 12.8 Å². The largest absolute Gasteiger partial charge is 0.472 e. The fourth-order valence-electron chi connectivity index (χ4n) is 7.96. The van der Waals surface area contributed by atoms with Gasteiger partial charge in [0.25, 0.3) is 0 Å². The quantitative estimate of drug-likeness (QED) is 0.0233. The molecule has 0 aliphatic rings. The first-order chi connectivity index (χ1) is 32.7. The number of rotatable bonds is 53. The first-order valence-corrected chi connectivity index (χ1v) is 29.4. The molecule has 0 amide bonds. The Balaban J connectivity index is 4.12. The van der Waals surface area contributed by atoms with E-state index in [4.69, 9.17) is 23.6 Å². The van der Waals surface area contributed by atoms with Crippen molar-refractivity contribution in [1.29, 1.82) is 0 Å². The number of unbranched alkanes of at least 4 members (excludes halogenated alkanes) is 33. The molecule has 3 atom stereocenters. The second-order valence-corrected chi connectivity index (χ2v) is 20.4. The zero-order valence-corrected chi connectivity index (χ0v) is 44.3. The van der Waals surface area contributed by atoms with Crippen molar-refractivity contribution in [1.82, 2.24) is 0 Å². The standard InChI is InChI=1S/C56H105O10P/c1-3-5-7-9-11-13-15-17-19-21-23-25-26-28-30-32-34-36-38-40-42-44-46-48-56(60)66-54(52-65-67(61,62)64-50-53(58)49-57)51-63-55(59)47-45-43-41-39-37-35-33-31-29-27-24-22-20-18-16-14-12-10-8-6-4-2/h15,17,21-24,53-54,57-58H,3-14,16,18-20,25-52H2,1-2H3,(H,61,62)/b17-15-,23-21-,24-22-. The SMILES string of the molecule is CCCCCCC/C=C\C/C=C\CCCCCCCCCCCCCC(=O)OC(COC(=O)CCCCCCCCCCC/C=C\CCCCCCCCCC)COP(=O)(O)OCC(O)CO. The summed E-state index contributed by atoms with van der Waals surface area (Å²) in [6.07, 6.45) is 58.3. The van der Waals surface area contributed by atoms with Gasteiger partial charge >= 0.3 is 19.8 Å². The van der Waals surface area contributed by atoms with Crippen molar-refractivity contribution < 1.29 is 47.8 Å². The molecule has 0 aliphatic carbocycles. The third kappa shape index (κ3) is 51.9. The Kier molecular flexibility index (Phi) is 50.6. The Morgan fingerprint density at radius 1 is 0.448 bits per heavy atom. The van der Waals surface area contributed by atoms with Crippen LogP contribution in [-0.4, -0.2) is 65.7 Å². The average molecular weight is 969 g/mol. The van der Waals surface area contributed by atoms with Crippen LogP contribution in [-0.2, 0) is 32.7 Å². The van der Waals surface area contributed by atoms with Crippen molar-refractivity contribution >= 4 is 19.8 Å². The van der Waals surface area contributed by atoms with E-state index in [0.29, 0.717) is 12.8 Å². The number of phosphoric acid groups is 1. The van der Waals surface area contributed by atoms with Crippen LogP contribution in [0.3, 0.4) is 0 Å². The molecule has 3 unspecified atom stereocenters. The van der Waals surface area contributed by atoms with Crippen LogP contribution in [0, 0.1) is 0 Å². The maximum atomic E-state index is 12.7. The van der Waals surface area contributed by atoms with Crippen molar-refractivity contribution in [3.8, 4) is 0 Å². The molecule has 0 aliphatic heterocycles. The van der Waals surface area contributed by atoms with Gasteiger partial charge in [-0.3, -0.25) is 18.6 Å². The van der Waals surface area contributed by atoms with Crippen LogP contribution >= 0.6 is 7.82 Å². The smallest absolute Gasteiger partial charge is 0.462 e. The molecule has 3 N–H and O–H groups in total. The van der Waals surface area contributed by atoms with E-state index in [1.807, 2.05) is 0 Å². The molecule has 0 aromatic heterocycles. The summed E-state index contributed by atoms with van der Waals surface area (Å²) in [5.74, 6) is -0.918. The van der Waals surface area contributed by atoms with Crippen LogP contribution in [0.2, 0.25) is 0 Å². The molecule has 10 nitrogen and oxygen atoms in total. The van der Waals surface area contributed by atoms with Gasteiger partial charge < -0.3 is 24.6 Å². The van der Waals surface area contributed by atoms with E-state index >= 15 is 0 Å². The minimum absolute atomic E-state index is 0.183. The van der Waals surface area contributed by atoms with E-state index < -0.39 is 51.8 Å². The molecule has 67 heavy (non-hydrogen) atoms. The summed E-state index contributed by atoms with van der Waals surface area (Å²) in [4.78, 5) is 35.3. The monoisotopic (exact) mass is 969 g/mol. The highest BCUT2D eigenvalue weighted by Crippen LogP contribution is 2.43. The second kappa shape index (κ2) is 52.0. The molecular weight excluding hydrogens is 864 g/mol. The number of carbonyl (C=O) groups excluding carboxylic acids is 2. The highest BCUT2D eigenvalue weighted by atomic mass is 31.2. The van der Waals surface area contributed by atoms with Gasteiger partial charge in [-0.05, 0) is 70.6 Å². The van der Waals surface area contributed by atoms with Crippen LogP contribution in [0.1, 0.15) is 271 Å². The Bertz CT molecular complexity index is 1210. The van der Waals surface area contributed by atoms with E-state index in [2.05, 4.69) is 50.3 Å². The van der Waals surface area contributed by atoms with Crippen molar-refractivity contribution in [3.05, 3.63) is 36.5 Å². The lowest BCUT2D eigenvalue weighted by Crippen LogP contribution is -2.29. The average Bonchev–Trinajstić information content (AvgIpc) is 3.32. The van der Waals surface area contributed by atoms with Crippen molar-refractivity contribution in [2.75, 3.05) is 26.4 Å². The van der Waals surface area contributed by atoms with Crippen molar-refractivity contribution in [2.24, 2.45) is 0 Å². The Morgan fingerprint density at radius 2 is 0.776 bits per heavy atom. The van der Waals surface area contributed by atoms with Crippen LogP contribution in [0.4, 0.5) is 0 Å². The minimum Gasteiger partial charge on any atom is -0.462 e. The lowest BCUT2D eigenvalue weighted by molar-refractivity contribution is -0.161. The fourth-order valence-corrected chi connectivity index (χ4v) is 8.75. The first-order valence-electron chi connectivity index (χ1n) is 27.9. The number of ether oxygens (including phenoxy) is 2. The molecular formula is C56H105O10P. The van der Waals surface area contributed by atoms with Gasteiger partial charge in [-0.25, -0.2) is 4.57 Å². The van der Waals surface area contributed by atoms with E-state index in [0.717, 1.165) is 44.9 Å². The number of hydrogen-bond acceptors (Lipinski definition) is 9. The molecule has 0 saturated heterocycles. The van der Waals surface area contributed by atoms with Crippen LogP contribution in [0.5, 0.6) is 0 Å². The summed E-state index contributed by atoms with van der Waals surface area (Å²) in [6.45, 7) is 2.42. The topological polar surface area (TPSA) is 149 Å². The van der Waals surface area contributed by atoms with Gasteiger partial charge in [-0.15, -0.1) is 0 Å². The molecule has 0 radical (unpaired) electrons. The lowest BCUT2D eigenvalue weighted by Gasteiger charge is -2.20. The van der Waals surface area contributed by atoms with Gasteiger partial charge in [0.15, 0.2) is 6.10 Å².